The molecule has 88 valence electrons. The van der Waals surface area contributed by atoms with Crippen LogP contribution in [0.5, 0.6) is 0 Å². The van der Waals surface area contributed by atoms with E-state index in [-0.39, 0.29) is 0 Å². The highest BCUT2D eigenvalue weighted by Crippen LogP contribution is 2.11. The van der Waals surface area contributed by atoms with Crippen LogP contribution < -0.4 is 11.5 Å². The number of hydrogen-bond donors (Lipinski definition) is 2. The van der Waals surface area contributed by atoms with E-state index in [1.807, 2.05) is 0 Å². The molecule has 1 aliphatic rings. The first-order valence-corrected chi connectivity index (χ1v) is 5.19. The number of carbonyl (C=O) groups excluding carboxylic acids is 2. The number of primary amides is 2. The van der Waals surface area contributed by atoms with Crippen molar-refractivity contribution in [1.82, 2.24) is 0 Å². The smallest absolute Gasteiger partial charge is 0.248 e. The quantitative estimate of drug-likeness (QED) is 0.735. The monoisotopic (exact) mass is 222 g/mol. The maximum Gasteiger partial charge on any atom is 0.248 e. The van der Waals surface area contributed by atoms with Gasteiger partial charge in [-0.25, -0.2) is 0 Å². The number of nitrogens with two attached hydrogens (primary N) is 2. The lowest BCUT2D eigenvalue weighted by atomic mass is 10.1. The second-order valence-electron chi connectivity index (χ2n) is 3.36. The van der Waals surface area contributed by atoms with E-state index in [1.165, 1.54) is 12.5 Å². The molecule has 1 aliphatic carbocycles. The van der Waals surface area contributed by atoms with E-state index in [0.29, 0.717) is 17.6 Å². The molecular formula is C12H18N2O2. The lowest BCUT2D eigenvalue weighted by molar-refractivity contribution is -0.114. The van der Waals surface area contributed by atoms with Crippen LogP contribution >= 0.6 is 0 Å². The minimum atomic E-state index is -0.565. The molecule has 0 saturated carbocycles. The topological polar surface area (TPSA) is 86.2 Å². The second-order valence-corrected chi connectivity index (χ2v) is 3.36. The minimum Gasteiger partial charge on any atom is -0.366 e. The molecule has 4 N–H and O–H groups in total. The van der Waals surface area contributed by atoms with Crippen molar-refractivity contribution in [1.29, 1.82) is 0 Å². The highest BCUT2D eigenvalue weighted by molar-refractivity contribution is 6.00. The van der Waals surface area contributed by atoms with Crippen LogP contribution in [0.2, 0.25) is 0 Å². The van der Waals surface area contributed by atoms with Crippen LogP contribution in [0.1, 0.15) is 26.7 Å². The third-order valence-corrected chi connectivity index (χ3v) is 1.68. The molecular weight excluding hydrogens is 204 g/mol. The Hall–Kier alpha value is -1.84. The summed E-state index contributed by atoms with van der Waals surface area (Å²) in [6.45, 7) is 4.25. The average Bonchev–Trinajstić information content (AvgIpc) is 2.43. The Balaban J connectivity index is 0.000000673. The summed E-state index contributed by atoms with van der Waals surface area (Å²) in [4.78, 5) is 21.6. The van der Waals surface area contributed by atoms with E-state index in [4.69, 9.17) is 11.5 Å². The van der Waals surface area contributed by atoms with Crippen LogP contribution in [0.15, 0.2) is 35.5 Å². The van der Waals surface area contributed by atoms with Crippen LogP contribution in [0, 0.1) is 0 Å². The zero-order chi connectivity index (χ0) is 12.6. The first-order chi connectivity index (χ1) is 7.52. The SMILES string of the molecule is CCC.NC(=O)C1=CC=CCC(C(N)=O)=C1. The molecule has 0 radical (unpaired) electrons. The van der Waals surface area contributed by atoms with E-state index in [0.717, 1.165) is 0 Å². The van der Waals surface area contributed by atoms with Crippen molar-refractivity contribution in [2.75, 3.05) is 0 Å². The number of rotatable bonds is 2. The minimum absolute atomic E-state index is 0.294. The molecule has 0 fully saturated rings. The Bertz CT molecular complexity index is 352. The molecule has 4 nitrogen and oxygen atoms in total. The Labute approximate surface area is 95.7 Å². The second kappa shape index (κ2) is 7.45. The first-order valence-electron chi connectivity index (χ1n) is 5.19. The summed E-state index contributed by atoms with van der Waals surface area (Å²) in [6, 6.07) is 0. The lowest BCUT2D eigenvalue weighted by Gasteiger charge is -1.97. The van der Waals surface area contributed by atoms with E-state index in [2.05, 4.69) is 13.8 Å². The number of amides is 2. The third kappa shape index (κ3) is 5.14. The molecule has 16 heavy (non-hydrogen) atoms. The predicted molar refractivity (Wildman–Crippen MR) is 64.3 cm³/mol. The summed E-state index contributed by atoms with van der Waals surface area (Å²) in [6.07, 6.45) is 8.07. The van der Waals surface area contributed by atoms with E-state index in [1.54, 1.807) is 18.2 Å². The number of allylic oxidation sites excluding steroid dienone is 3. The van der Waals surface area contributed by atoms with Crippen molar-refractivity contribution in [3.05, 3.63) is 35.5 Å². The fourth-order valence-electron chi connectivity index (χ4n) is 0.986. The molecule has 0 atom stereocenters. The Morgan fingerprint density at radius 3 is 2.25 bits per heavy atom. The molecule has 4 heteroatoms. The highest BCUT2D eigenvalue weighted by atomic mass is 16.1. The predicted octanol–water partition coefficient (Wildman–Crippen LogP) is 1.19. The summed E-state index contributed by atoms with van der Waals surface area (Å²) in [7, 11) is 0. The van der Waals surface area contributed by atoms with Gasteiger partial charge in [0.1, 0.15) is 0 Å². The molecule has 0 saturated heterocycles. The fraction of sp³-hybridized carbons (Fsp3) is 0.333. The zero-order valence-electron chi connectivity index (χ0n) is 9.69. The Kier molecular flexibility index (Phi) is 6.59. The summed E-state index contributed by atoms with van der Waals surface area (Å²) < 4.78 is 0. The average molecular weight is 222 g/mol. The van der Waals surface area contributed by atoms with Gasteiger partial charge in [-0.05, 0) is 18.6 Å². The highest BCUT2D eigenvalue weighted by Gasteiger charge is 2.09. The maximum absolute atomic E-state index is 10.8. The van der Waals surface area contributed by atoms with Crippen molar-refractivity contribution in [2.45, 2.75) is 26.7 Å². The molecule has 1 rings (SSSR count). The molecule has 0 heterocycles. The van der Waals surface area contributed by atoms with Gasteiger partial charge in [0.2, 0.25) is 11.8 Å². The van der Waals surface area contributed by atoms with E-state index < -0.39 is 11.8 Å². The van der Waals surface area contributed by atoms with Crippen LogP contribution in [0.25, 0.3) is 0 Å². The van der Waals surface area contributed by atoms with Gasteiger partial charge in [-0.1, -0.05) is 32.4 Å². The van der Waals surface area contributed by atoms with Crippen molar-refractivity contribution >= 4 is 11.8 Å². The third-order valence-electron chi connectivity index (χ3n) is 1.68. The van der Waals surface area contributed by atoms with Crippen molar-refractivity contribution in [3.8, 4) is 0 Å². The van der Waals surface area contributed by atoms with Crippen LogP contribution in [0.4, 0.5) is 0 Å². The van der Waals surface area contributed by atoms with E-state index in [9.17, 15) is 9.59 Å². The standard InChI is InChI=1S/C9H10N2O2.C3H8/c10-8(12)6-3-1-2-4-7(5-6)9(11)13;1-3-2/h1-3,5H,4H2,(H2,10,12)(H2,11,13);3H2,1-2H3. The van der Waals surface area contributed by atoms with Gasteiger partial charge in [-0.3, -0.25) is 9.59 Å². The molecule has 0 bridgehead atoms. The summed E-state index contributed by atoms with van der Waals surface area (Å²) >= 11 is 0. The molecule has 0 spiro atoms. The van der Waals surface area contributed by atoms with Crippen LogP contribution in [0.3, 0.4) is 0 Å². The fourth-order valence-corrected chi connectivity index (χ4v) is 0.986. The molecule has 0 aromatic carbocycles. The van der Waals surface area contributed by atoms with Crippen LogP contribution in [-0.4, -0.2) is 11.8 Å². The van der Waals surface area contributed by atoms with Crippen LogP contribution in [-0.2, 0) is 9.59 Å². The summed E-state index contributed by atoms with van der Waals surface area (Å²) in [5.74, 6) is -1.09. The van der Waals surface area contributed by atoms with Crippen molar-refractivity contribution < 1.29 is 9.59 Å². The largest absolute Gasteiger partial charge is 0.366 e. The van der Waals surface area contributed by atoms with Crippen molar-refractivity contribution in [2.24, 2.45) is 11.5 Å². The van der Waals surface area contributed by atoms with Crippen molar-refractivity contribution in [3.63, 3.8) is 0 Å². The Morgan fingerprint density at radius 1 is 1.25 bits per heavy atom. The van der Waals surface area contributed by atoms with Gasteiger partial charge in [0, 0.05) is 11.1 Å². The lowest BCUT2D eigenvalue weighted by Crippen LogP contribution is -2.16. The molecule has 0 aliphatic heterocycles. The molecule has 2 amide bonds. The summed E-state index contributed by atoms with van der Waals surface area (Å²) in [5, 5.41) is 0. The molecule has 0 unspecified atom stereocenters. The first kappa shape index (κ1) is 14.2. The van der Waals surface area contributed by atoms with Gasteiger partial charge in [0.15, 0.2) is 0 Å². The van der Waals surface area contributed by atoms with E-state index >= 15 is 0 Å². The van der Waals surface area contributed by atoms with Gasteiger partial charge in [0.05, 0.1) is 0 Å². The molecule has 0 aromatic heterocycles. The van der Waals surface area contributed by atoms with Gasteiger partial charge in [0.25, 0.3) is 0 Å². The zero-order valence-corrected chi connectivity index (χ0v) is 9.69. The molecule has 0 aromatic rings. The Morgan fingerprint density at radius 2 is 1.81 bits per heavy atom. The van der Waals surface area contributed by atoms with Gasteiger partial charge < -0.3 is 11.5 Å². The van der Waals surface area contributed by atoms with Gasteiger partial charge in [-0.2, -0.15) is 0 Å². The van der Waals surface area contributed by atoms with Gasteiger partial charge >= 0.3 is 0 Å². The normalized spacial score (nSPS) is 13.9. The number of hydrogen-bond acceptors (Lipinski definition) is 2. The van der Waals surface area contributed by atoms with Gasteiger partial charge in [-0.15, -0.1) is 0 Å². The number of carbonyl (C=O) groups is 2. The maximum atomic E-state index is 10.8. The summed E-state index contributed by atoms with van der Waals surface area (Å²) in [5.41, 5.74) is 10.8.